The van der Waals surface area contributed by atoms with Gasteiger partial charge in [0.1, 0.15) is 0 Å². The second-order valence-corrected chi connectivity index (χ2v) is 8.66. The topological polar surface area (TPSA) is 49.3 Å². The Morgan fingerprint density at radius 1 is 1.08 bits per heavy atom. The summed E-state index contributed by atoms with van der Waals surface area (Å²) in [6.45, 7) is 0.563. The zero-order chi connectivity index (χ0) is 18.5. The highest BCUT2D eigenvalue weighted by molar-refractivity contribution is 5.81. The molecule has 1 aromatic carbocycles. The summed E-state index contributed by atoms with van der Waals surface area (Å²) in [6.07, 6.45) is 1.54. The van der Waals surface area contributed by atoms with Crippen LogP contribution in [0.3, 0.4) is 0 Å². The predicted molar refractivity (Wildman–Crippen MR) is 90.0 cm³/mol. The second kappa shape index (κ2) is 6.25. The number of alkyl halides is 3. The lowest BCUT2D eigenvalue weighted by molar-refractivity contribution is -0.137. The third kappa shape index (κ3) is 3.36. The van der Waals surface area contributed by atoms with Crippen LogP contribution in [0.1, 0.15) is 55.8 Å². The second-order valence-electron chi connectivity index (χ2n) is 8.66. The Bertz CT molecular complexity index is 648. The molecule has 0 aromatic heterocycles. The zero-order valence-corrected chi connectivity index (χ0v) is 14.6. The molecule has 142 valence electrons. The van der Waals surface area contributed by atoms with E-state index in [2.05, 4.69) is 5.32 Å². The first-order valence-electron chi connectivity index (χ1n) is 9.37. The van der Waals surface area contributed by atoms with Gasteiger partial charge in [-0.2, -0.15) is 13.2 Å². The molecule has 1 atom stereocenters. The number of benzene rings is 1. The zero-order valence-electron chi connectivity index (χ0n) is 14.6. The maximum atomic E-state index is 12.6. The summed E-state index contributed by atoms with van der Waals surface area (Å²) in [5.41, 5.74) is -0.451. The minimum atomic E-state index is -4.43. The van der Waals surface area contributed by atoms with Crippen molar-refractivity contribution in [1.82, 2.24) is 5.32 Å². The predicted octanol–water partition coefficient (Wildman–Crippen LogP) is 4.07. The van der Waals surface area contributed by atoms with E-state index in [1.54, 1.807) is 0 Å². The average Bonchev–Trinajstić information content (AvgIpc) is 2.57. The molecule has 0 aliphatic heterocycles. The summed E-state index contributed by atoms with van der Waals surface area (Å²) in [5.74, 6) is 1.80. The molecule has 4 bridgehead atoms. The van der Waals surface area contributed by atoms with E-state index in [1.807, 2.05) is 0 Å². The highest BCUT2D eigenvalue weighted by atomic mass is 19.4. The van der Waals surface area contributed by atoms with Gasteiger partial charge in [-0.1, -0.05) is 12.1 Å². The van der Waals surface area contributed by atoms with Crippen LogP contribution in [0.4, 0.5) is 13.2 Å². The summed E-state index contributed by atoms with van der Waals surface area (Å²) >= 11 is 0. The van der Waals surface area contributed by atoms with Crippen molar-refractivity contribution in [2.24, 2.45) is 23.2 Å². The first kappa shape index (κ1) is 17.8. The van der Waals surface area contributed by atoms with Crippen LogP contribution in [0.5, 0.6) is 0 Å². The van der Waals surface area contributed by atoms with Crippen molar-refractivity contribution >= 4 is 5.91 Å². The van der Waals surface area contributed by atoms with Crippen LogP contribution in [0, 0.1) is 23.2 Å². The van der Waals surface area contributed by atoms with Gasteiger partial charge in [-0.25, -0.2) is 0 Å². The molecular weight excluding hydrogens is 343 g/mol. The van der Waals surface area contributed by atoms with Crippen LogP contribution in [-0.2, 0) is 11.0 Å². The molecule has 6 heteroatoms. The quantitative estimate of drug-likeness (QED) is 0.843. The number of amides is 1. The minimum Gasteiger partial charge on any atom is -0.378 e. The number of carbonyl (C=O) groups is 1. The number of aliphatic hydroxyl groups is 1. The molecule has 4 aliphatic carbocycles. The lowest BCUT2D eigenvalue weighted by Gasteiger charge is -2.57. The highest BCUT2D eigenvalue weighted by Crippen LogP contribution is 2.59. The third-order valence-electron chi connectivity index (χ3n) is 6.60. The van der Waals surface area contributed by atoms with E-state index in [9.17, 15) is 23.1 Å². The number of hydrogen-bond donors (Lipinski definition) is 2. The van der Waals surface area contributed by atoms with E-state index in [0.29, 0.717) is 6.54 Å². The van der Waals surface area contributed by atoms with Gasteiger partial charge in [-0.3, -0.25) is 4.79 Å². The Morgan fingerprint density at radius 3 is 2.04 bits per heavy atom. The molecule has 26 heavy (non-hydrogen) atoms. The maximum absolute atomic E-state index is 12.6. The summed E-state index contributed by atoms with van der Waals surface area (Å²) in [6, 6.07) is 4.12. The lowest BCUT2D eigenvalue weighted by atomic mass is 9.49. The number of rotatable bonds is 4. The van der Waals surface area contributed by atoms with Gasteiger partial charge in [0.25, 0.3) is 5.91 Å². The van der Waals surface area contributed by atoms with Crippen LogP contribution in [0.15, 0.2) is 24.3 Å². The summed E-state index contributed by atoms with van der Waals surface area (Å²) in [4.78, 5) is 12.3. The average molecular weight is 367 g/mol. The molecular formula is C20H24F3NO2. The van der Waals surface area contributed by atoms with Gasteiger partial charge in [0.15, 0.2) is 6.10 Å². The molecule has 1 aromatic rings. The number of halogens is 3. The lowest BCUT2D eigenvalue weighted by Crippen LogP contribution is -2.51. The molecule has 1 unspecified atom stereocenters. The van der Waals surface area contributed by atoms with E-state index in [4.69, 9.17) is 0 Å². The molecule has 0 spiro atoms. The highest BCUT2D eigenvalue weighted by Gasteiger charge is 2.50. The van der Waals surface area contributed by atoms with E-state index >= 15 is 0 Å². The van der Waals surface area contributed by atoms with Gasteiger partial charge in [0, 0.05) is 6.54 Å². The molecule has 2 N–H and O–H groups in total. The number of hydrogen-bond acceptors (Lipinski definition) is 2. The monoisotopic (exact) mass is 367 g/mol. The molecule has 0 saturated heterocycles. The number of nitrogens with one attached hydrogen (secondary N) is 1. The van der Waals surface area contributed by atoms with Crippen LogP contribution in [0.25, 0.3) is 0 Å². The maximum Gasteiger partial charge on any atom is 0.416 e. The van der Waals surface area contributed by atoms with Crippen molar-refractivity contribution < 1.29 is 23.1 Å². The number of aliphatic hydroxyl groups excluding tert-OH is 1. The van der Waals surface area contributed by atoms with Crippen molar-refractivity contribution in [1.29, 1.82) is 0 Å². The van der Waals surface area contributed by atoms with Gasteiger partial charge in [0.05, 0.1) is 5.56 Å². The van der Waals surface area contributed by atoms with E-state index in [0.717, 1.165) is 61.3 Å². The van der Waals surface area contributed by atoms with Crippen molar-refractivity contribution in [3.05, 3.63) is 35.4 Å². The van der Waals surface area contributed by atoms with Crippen LogP contribution < -0.4 is 5.32 Å². The molecule has 0 heterocycles. The summed E-state index contributed by atoms with van der Waals surface area (Å²) in [7, 11) is 0. The van der Waals surface area contributed by atoms with Crippen molar-refractivity contribution in [3.63, 3.8) is 0 Å². The molecule has 5 rings (SSSR count). The summed E-state index contributed by atoms with van der Waals surface area (Å²) in [5, 5.41) is 13.1. The molecule has 3 nitrogen and oxygen atoms in total. The first-order chi connectivity index (χ1) is 12.2. The largest absolute Gasteiger partial charge is 0.416 e. The third-order valence-corrected chi connectivity index (χ3v) is 6.60. The molecule has 1 amide bonds. The fourth-order valence-electron chi connectivity index (χ4n) is 5.88. The van der Waals surface area contributed by atoms with Crippen LogP contribution in [0.2, 0.25) is 0 Å². The van der Waals surface area contributed by atoms with Crippen molar-refractivity contribution in [2.45, 2.75) is 50.8 Å². The van der Waals surface area contributed by atoms with Gasteiger partial charge in [-0.05, 0) is 79.4 Å². The molecule has 4 saturated carbocycles. The van der Waals surface area contributed by atoms with E-state index in [-0.39, 0.29) is 11.0 Å². The van der Waals surface area contributed by atoms with Gasteiger partial charge in [-0.15, -0.1) is 0 Å². The minimum absolute atomic E-state index is 0.157. The SMILES string of the molecule is O=C(NCC12CC3CC(CC(C3)C1)C2)C(O)c1ccc(C(F)(F)F)cc1. The number of carbonyl (C=O) groups excluding carboxylic acids is 1. The Morgan fingerprint density at radius 2 is 1.58 bits per heavy atom. The fourth-order valence-corrected chi connectivity index (χ4v) is 5.88. The van der Waals surface area contributed by atoms with Crippen molar-refractivity contribution in [2.75, 3.05) is 6.54 Å². The summed E-state index contributed by atoms with van der Waals surface area (Å²) < 4.78 is 37.9. The van der Waals surface area contributed by atoms with Gasteiger partial charge >= 0.3 is 6.18 Å². The fraction of sp³-hybridized carbons (Fsp3) is 0.650. The van der Waals surface area contributed by atoms with Gasteiger partial charge in [0.2, 0.25) is 0 Å². The van der Waals surface area contributed by atoms with Crippen molar-refractivity contribution in [3.8, 4) is 0 Å². The first-order valence-corrected chi connectivity index (χ1v) is 9.37. The smallest absolute Gasteiger partial charge is 0.378 e. The molecule has 4 aliphatic rings. The standard InChI is InChI=1S/C20H24F3NO2/c21-20(22,23)16-3-1-15(2-4-16)17(25)18(26)24-11-19-8-12-5-13(9-19)7-14(6-12)10-19/h1-4,12-14,17,25H,5-11H2,(H,24,26). The molecule has 0 radical (unpaired) electrons. The van der Waals surface area contributed by atoms with E-state index in [1.165, 1.54) is 19.3 Å². The van der Waals surface area contributed by atoms with Crippen LogP contribution >= 0.6 is 0 Å². The van der Waals surface area contributed by atoms with Gasteiger partial charge < -0.3 is 10.4 Å². The normalized spacial score (nSPS) is 33.9. The van der Waals surface area contributed by atoms with Crippen LogP contribution in [-0.4, -0.2) is 17.6 Å². The Kier molecular flexibility index (Phi) is 4.29. The Balaban J connectivity index is 1.37. The van der Waals surface area contributed by atoms with E-state index < -0.39 is 23.8 Å². The molecule has 4 fully saturated rings. The Labute approximate surface area is 151 Å². The Hall–Kier alpha value is -1.56.